The van der Waals surface area contributed by atoms with Crippen molar-refractivity contribution in [1.82, 2.24) is 14.9 Å². The van der Waals surface area contributed by atoms with Crippen LogP contribution in [0.25, 0.3) is 6.08 Å². The van der Waals surface area contributed by atoms with E-state index in [2.05, 4.69) is 15.0 Å². The van der Waals surface area contributed by atoms with Gasteiger partial charge in [-0.25, -0.2) is 4.98 Å². The largest absolute Gasteiger partial charge is 0.287 e. The smallest absolute Gasteiger partial charge is 0.266 e. The molecule has 0 unspecified atom stereocenters. The fourth-order valence-electron chi connectivity index (χ4n) is 1.96. The van der Waals surface area contributed by atoms with Crippen LogP contribution in [-0.2, 0) is 4.79 Å². The third-order valence-electron chi connectivity index (χ3n) is 3.01. The molecule has 7 heteroatoms. The highest BCUT2D eigenvalue weighted by molar-refractivity contribution is 8.18. The van der Waals surface area contributed by atoms with Crippen molar-refractivity contribution in [3.05, 3.63) is 46.1 Å². The zero-order chi connectivity index (χ0) is 15.5. The van der Waals surface area contributed by atoms with Gasteiger partial charge in [-0.2, -0.15) is 4.99 Å². The Morgan fingerprint density at radius 2 is 2.14 bits per heavy atom. The highest BCUT2D eigenvalue weighted by atomic mass is 32.2. The molecule has 2 aromatic rings. The third-order valence-corrected chi connectivity index (χ3v) is 4.87. The molecule has 2 aromatic heterocycles. The molecule has 112 valence electrons. The maximum absolute atomic E-state index is 12.5. The quantitative estimate of drug-likeness (QED) is 0.809. The van der Waals surface area contributed by atoms with Crippen LogP contribution in [0.2, 0.25) is 0 Å². The normalized spacial score (nSPS) is 18.6. The standard InChI is InChI=1S/C15H14N4OS2/c1-3-19-13(20)12(8-11-4-6-16-7-5-11)22-15(19)18-14-17-10(2)9-21-14/h4-9H,3H2,1-2H3/b12-8-,18-15+. The summed E-state index contributed by atoms with van der Waals surface area (Å²) in [5.74, 6) is -0.0173. The second-order valence-electron chi connectivity index (χ2n) is 4.61. The van der Waals surface area contributed by atoms with Gasteiger partial charge in [0, 0.05) is 24.3 Å². The van der Waals surface area contributed by atoms with Gasteiger partial charge in [0.2, 0.25) is 5.13 Å². The van der Waals surface area contributed by atoms with Gasteiger partial charge < -0.3 is 0 Å². The van der Waals surface area contributed by atoms with E-state index in [-0.39, 0.29) is 5.91 Å². The van der Waals surface area contributed by atoms with Crippen LogP contribution in [0, 0.1) is 6.92 Å². The number of carbonyl (C=O) groups is 1. The maximum atomic E-state index is 12.5. The molecule has 3 rings (SSSR count). The maximum Gasteiger partial charge on any atom is 0.266 e. The topological polar surface area (TPSA) is 58.5 Å². The molecule has 1 aliphatic heterocycles. The number of nitrogens with zero attached hydrogens (tertiary/aromatic N) is 4. The number of thiazole rings is 1. The Morgan fingerprint density at radius 3 is 2.77 bits per heavy atom. The van der Waals surface area contributed by atoms with Crippen molar-refractivity contribution >= 4 is 45.4 Å². The Hall–Kier alpha value is -1.99. The molecule has 0 N–H and O–H groups in total. The molecule has 3 heterocycles. The molecule has 1 amide bonds. The monoisotopic (exact) mass is 330 g/mol. The van der Waals surface area contributed by atoms with Gasteiger partial charge in [-0.1, -0.05) is 0 Å². The van der Waals surface area contributed by atoms with E-state index in [9.17, 15) is 4.79 Å². The molecule has 0 radical (unpaired) electrons. The average Bonchev–Trinajstić information content (AvgIpc) is 3.05. The van der Waals surface area contributed by atoms with Gasteiger partial charge in [0.05, 0.1) is 10.6 Å². The van der Waals surface area contributed by atoms with Gasteiger partial charge in [-0.15, -0.1) is 11.3 Å². The van der Waals surface area contributed by atoms with Crippen molar-refractivity contribution in [3.8, 4) is 0 Å². The molecule has 22 heavy (non-hydrogen) atoms. The Bertz CT molecular complexity index is 752. The molecule has 1 saturated heterocycles. The molecule has 1 aliphatic rings. The van der Waals surface area contributed by atoms with Crippen molar-refractivity contribution in [3.63, 3.8) is 0 Å². The van der Waals surface area contributed by atoms with Crippen LogP contribution in [0.4, 0.5) is 5.13 Å². The summed E-state index contributed by atoms with van der Waals surface area (Å²) in [6, 6.07) is 3.74. The van der Waals surface area contributed by atoms with Crippen LogP contribution in [0.15, 0.2) is 39.8 Å². The summed E-state index contributed by atoms with van der Waals surface area (Å²) >= 11 is 2.86. The molecular weight excluding hydrogens is 316 g/mol. The first kappa shape index (κ1) is 14.9. The van der Waals surface area contributed by atoms with E-state index in [0.717, 1.165) is 11.3 Å². The molecule has 0 bridgehead atoms. The second kappa shape index (κ2) is 6.41. The fourth-order valence-corrected chi connectivity index (χ4v) is 3.72. The van der Waals surface area contributed by atoms with Crippen molar-refractivity contribution in [2.45, 2.75) is 13.8 Å². The van der Waals surface area contributed by atoms with Gasteiger partial charge in [0.25, 0.3) is 5.91 Å². The zero-order valence-corrected chi connectivity index (χ0v) is 13.8. The summed E-state index contributed by atoms with van der Waals surface area (Å²) in [4.78, 5) is 27.6. The van der Waals surface area contributed by atoms with E-state index >= 15 is 0 Å². The van der Waals surface area contributed by atoms with Crippen LogP contribution >= 0.6 is 23.1 Å². The molecule has 0 atom stereocenters. The highest BCUT2D eigenvalue weighted by Gasteiger charge is 2.32. The number of rotatable bonds is 3. The van der Waals surface area contributed by atoms with Crippen LogP contribution in [0.1, 0.15) is 18.2 Å². The minimum absolute atomic E-state index is 0.0173. The van der Waals surface area contributed by atoms with Gasteiger partial charge in [0.15, 0.2) is 5.17 Å². The number of thioether (sulfide) groups is 1. The van der Waals surface area contributed by atoms with E-state index in [0.29, 0.717) is 21.7 Å². The second-order valence-corrected chi connectivity index (χ2v) is 6.45. The highest BCUT2D eigenvalue weighted by Crippen LogP contribution is 2.34. The summed E-state index contributed by atoms with van der Waals surface area (Å²) in [5, 5.41) is 3.31. The number of carbonyl (C=O) groups excluding carboxylic acids is 1. The van der Waals surface area contributed by atoms with Crippen molar-refractivity contribution in [2.24, 2.45) is 4.99 Å². The third kappa shape index (κ3) is 3.10. The first-order valence-electron chi connectivity index (χ1n) is 6.79. The molecule has 0 aliphatic carbocycles. The van der Waals surface area contributed by atoms with Gasteiger partial charge >= 0.3 is 0 Å². The molecule has 0 aromatic carbocycles. The van der Waals surface area contributed by atoms with Crippen LogP contribution < -0.4 is 0 Å². The molecular formula is C15H14N4OS2. The molecule has 0 spiro atoms. The van der Waals surface area contributed by atoms with Gasteiger partial charge in [-0.05, 0) is 49.4 Å². The lowest BCUT2D eigenvalue weighted by molar-refractivity contribution is -0.122. The van der Waals surface area contributed by atoms with Crippen molar-refractivity contribution in [1.29, 1.82) is 0 Å². The fraction of sp³-hybridized carbons (Fsp3) is 0.200. The number of pyridine rings is 1. The lowest BCUT2D eigenvalue weighted by atomic mass is 10.2. The number of aryl methyl sites for hydroxylation is 1. The van der Waals surface area contributed by atoms with Gasteiger partial charge in [-0.3, -0.25) is 14.7 Å². The Labute approximate surface area is 136 Å². The van der Waals surface area contributed by atoms with E-state index in [1.165, 1.54) is 23.1 Å². The number of aliphatic imine (C=N–C) groups is 1. The summed E-state index contributed by atoms with van der Waals surface area (Å²) < 4.78 is 0. The first-order chi connectivity index (χ1) is 10.7. The number of aromatic nitrogens is 2. The van der Waals surface area contributed by atoms with Crippen molar-refractivity contribution < 1.29 is 4.79 Å². The van der Waals surface area contributed by atoms with Crippen LogP contribution in [0.5, 0.6) is 0 Å². The SMILES string of the molecule is CCN1C(=O)/C(=C/c2ccncc2)S/C1=N/c1nc(C)cs1. The first-order valence-corrected chi connectivity index (χ1v) is 8.49. The van der Waals surface area contributed by atoms with E-state index in [1.54, 1.807) is 17.3 Å². The van der Waals surface area contributed by atoms with E-state index in [1.807, 2.05) is 37.4 Å². The molecule has 0 saturated carbocycles. The summed E-state index contributed by atoms with van der Waals surface area (Å²) in [7, 11) is 0. The summed E-state index contributed by atoms with van der Waals surface area (Å²) in [6.07, 6.45) is 5.29. The minimum atomic E-state index is -0.0173. The molecule has 5 nitrogen and oxygen atoms in total. The predicted octanol–water partition coefficient (Wildman–Crippen LogP) is 3.47. The van der Waals surface area contributed by atoms with E-state index < -0.39 is 0 Å². The van der Waals surface area contributed by atoms with Crippen LogP contribution in [-0.4, -0.2) is 32.5 Å². The van der Waals surface area contributed by atoms with E-state index in [4.69, 9.17) is 0 Å². The lowest BCUT2D eigenvalue weighted by Gasteiger charge is -2.11. The summed E-state index contributed by atoms with van der Waals surface area (Å²) in [6.45, 7) is 4.46. The van der Waals surface area contributed by atoms with Crippen LogP contribution in [0.3, 0.4) is 0 Å². The average molecular weight is 330 g/mol. The summed E-state index contributed by atoms with van der Waals surface area (Å²) in [5.41, 5.74) is 1.89. The number of amides is 1. The zero-order valence-electron chi connectivity index (χ0n) is 12.2. The number of hydrogen-bond acceptors (Lipinski definition) is 6. The Balaban J connectivity index is 1.92. The predicted molar refractivity (Wildman–Crippen MR) is 91.1 cm³/mol. The number of amidine groups is 1. The molecule has 1 fully saturated rings. The number of likely N-dealkylation sites (N-methyl/N-ethyl adjacent to an activating group) is 1. The van der Waals surface area contributed by atoms with Gasteiger partial charge in [0.1, 0.15) is 0 Å². The minimum Gasteiger partial charge on any atom is -0.287 e. The Kier molecular flexibility index (Phi) is 4.35. The van der Waals surface area contributed by atoms with Crippen molar-refractivity contribution in [2.75, 3.05) is 6.54 Å². The Morgan fingerprint density at radius 1 is 1.36 bits per heavy atom. The number of hydrogen-bond donors (Lipinski definition) is 0. The lowest BCUT2D eigenvalue weighted by Crippen LogP contribution is -2.28.